The Morgan fingerprint density at radius 2 is 2.00 bits per heavy atom. The van der Waals surface area contributed by atoms with Crippen LogP contribution in [0.25, 0.3) is 22.5 Å². The van der Waals surface area contributed by atoms with Gasteiger partial charge in [-0.1, -0.05) is 0 Å². The number of aryl methyl sites for hydroxylation is 1. The van der Waals surface area contributed by atoms with Crippen molar-refractivity contribution in [2.45, 2.75) is 0 Å². The molecule has 0 aliphatic rings. The molecule has 0 amide bonds. The van der Waals surface area contributed by atoms with Crippen molar-refractivity contribution in [3.05, 3.63) is 36.7 Å². The molecule has 0 spiro atoms. The zero-order valence-corrected chi connectivity index (χ0v) is 8.71. The molecule has 16 heavy (non-hydrogen) atoms. The minimum atomic E-state index is 0.264. The number of benzene rings is 1. The Balaban J connectivity index is 2.21. The fraction of sp³-hybridized carbons (Fsp3) is 0.0833. The van der Waals surface area contributed by atoms with E-state index in [9.17, 15) is 5.11 Å². The van der Waals surface area contributed by atoms with Crippen molar-refractivity contribution in [1.29, 1.82) is 0 Å². The van der Waals surface area contributed by atoms with E-state index in [0.29, 0.717) is 0 Å². The molecule has 0 unspecified atom stereocenters. The van der Waals surface area contributed by atoms with Gasteiger partial charge in [-0.3, -0.25) is 0 Å². The number of aromatic nitrogens is 2. The molecule has 0 saturated heterocycles. The zero-order valence-electron chi connectivity index (χ0n) is 8.71. The molecule has 4 heteroatoms. The third-order valence-electron chi connectivity index (χ3n) is 2.68. The van der Waals surface area contributed by atoms with Gasteiger partial charge in [-0.25, -0.2) is 0 Å². The smallest absolute Gasteiger partial charge is 0.183 e. The van der Waals surface area contributed by atoms with Crippen LogP contribution in [0.15, 0.2) is 41.1 Å². The van der Waals surface area contributed by atoms with E-state index in [0.717, 1.165) is 22.5 Å². The number of phenols is 1. The summed E-state index contributed by atoms with van der Waals surface area (Å²) in [7, 11) is 1.94. The van der Waals surface area contributed by atoms with Crippen LogP contribution in [0.2, 0.25) is 0 Å². The zero-order chi connectivity index (χ0) is 11.1. The number of aromatic hydroxyl groups is 1. The predicted molar refractivity (Wildman–Crippen MR) is 60.1 cm³/mol. The lowest BCUT2D eigenvalue weighted by atomic mass is 10.1. The molecule has 3 aromatic rings. The van der Waals surface area contributed by atoms with Crippen molar-refractivity contribution >= 4 is 11.2 Å². The molecule has 0 saturated carbocycles. The molecule has 2 heterocycles. The Morgan fingerprint density at radius 1 is 1.25 bits per heavy atom. The van der Waals surface area contributed by atoms with Gasteiger partial charge in [0.1, 0.15) is 5.75 Å². The summed E-state index contributed by atoms with van der Waals surface area (Å²) in [5.74, 6) is 0.264. The molecule has 0 aliphatic heterocycles. The van der Waals surface area contributed by atoms with Gasteiger partial charge in [0.2, 0.25) is 0 Å². The van der Waals surface area contributed by atoms with Crippen molar-refractivity contribution in [2.24, 2.45) is 7.05 Å². The number of fused-ring (bicyclic) bond motifs is 1. The summed E-state index contributed by atoms with van der Waals surface area (Å²) in [6, 6.07) is 9.00. The largest absolute Gasteiger partial charge is 0.508 e. The maximum atomic E-state index is 9.24. The molecule has 1 N–H and O–H groups in total. The average Bonchev–Trinajstić information content (AvgIpc) is 2.84. The van der Waals surface area contributed by atoms with Crippen LogP contribution in [0.3, 0.4) is 0 Å². The Hall–Kier alpha value is -2.23. The second kappa shape index (κ2) is 3.13. The molecule has 0 atom stereocenters. The Bertz CT molecular complexity index is 635. The summed E-state index contributed by atoms with van der Waals surface area (Å²) >= 11 is 0. The average molecular weight is 214 g/mol. The van der Waals surface area contributed by atoms with E-state index in [-0.39, 0.29) is 5.75 Å². The van der Waals surface area contributed by atoms with Gasteiger partial charge >= 0.3 is 0 Å². The molecular formula is C12H10N2O2. The summed E-state index contributed by atoms with van der Waals surface area (Å²) in [4.78, 5) is 4.13. The van der Waals surface area contributed by atoms with E-state index in [2.05, 4.69) is 4.98 Å². The monoisotopic (exact) mass is 214 g/mol. The Labute approximate surface area is 91.8 Å². The van der Waals surface area contributed by atoms with E-state index < -0.39 is 0 Å². The van der Waals surface area contributed by atoms with Crippen LogP contribution in [-0.2, 0) is 7.05 Å². The lowest BCUT2D eigenvalue weighted by molar-refractivity contribution is 0.475. The van der Waals surface area contributed by atoms with Crippen molar-refractivity contribution in [2.75, 3.05) is 0 Å². The van der Waals surface area contributed by atoms with Gasteiger partial charge in [0.05, 0.1) is 5.69 Å². The van der Waals surface area contributed by atoms with Crippen LogP contribution in [-0.4, -0.2) is 14.7 Å². The van der Waals surface area contributed by atoms with Gasteiger partial charge in [0, 0.05) is 13.1 Å². The summed E-state index contributed by atoms with van der Waals surface area (Å²) in [6.45, 7) is 0. The van der Waals surface area contributed by atoms with E-state index in [4.69, 9.17) is 4.42 Å². The minimum absolute atomic E-state index is 0.264. The van der Waals surface area contributed by atoms with Crippen molar-refractivity contribution in [3.63, 3.8) is 0 Å². The highest BCUT2D eigenvalue weighted by molar-refractivity contribution is 5.79. The number of hydrogen-bond acceptors (Lipinski definition) is 3. The summed E-state index contributed by atoms with van der Waals surface area (Å²) in [5.41, 5.74) is 3.63. The van der Waals surface area contributed by atoms with Gasteiger partial charge in [-0.15, -0.1) is 0 Å². The molecule has 0 fully saturated rings. The highest BCUT2D eigenvalue weighted by atomic mass is 16.3. The van der Waals surface area contributed by atoms with Crippen LogP contribution in [0.4, 0.5) is 0 Å². The van der Waals surface area contributed by atoms with Crippen molar-refractivity contribution in [3.8, 4) is 17.0 Å². The van der Waals surface area contributed by atoms with E-state index in [1.807, 2.05) is 29.8 Å². The molecule has 3 rings (SSSR count). The fourth-order valence-electron chi connectivity index (χ4n) is 1.84. The first kappa shape index (κ1) is 9.03. The molecule has 0 radical (unpaired) electrons. The van der Waals surface area contributed by atoms with Crippen LogP contribution in [0.1, 0.15) is 0 Å². The number of rotatable bonds is 1. The van der Waals surface area contributed by atoms with Crippen LogP contribution >= 0.6 is 0 Å². The molecule has 0 aliphatic carbocycles. The SMILES string of the molecule is Cn1c(-c2ccc(O)cc2)cc2ocnc21. The van der Waals surface area contributed by atoms with Crippen molar-refractivity contribution < 1.29 is 9.52 Å². The number of nitrogens with zero attached hydrogens (tertiary/aromatic N) is 2. The van der Waals surface area contributed by atoms with Crippen LogP contribution in [0, 0.1) is 0 Å². The minimum Gasteiger partial charge on any atom is -0.508 e. The van der Waals surface area contributed by atoms with Gasteiger partial charge < -0.3 is 14.1 Å². The predicted octanol–water partition coefficient (Wildman–Crippen LogP) is 2.54. The van der Waals surface area contributed by atoms with E-state index >= 15 is 0 Å². The number of phenolic OH excluding ortho intramolecular Hbond substituents is 1. The fourth-order valence-corrected chi connectivity index (χ4v) is 1.84. The molecular weight excluding hydrogens is 204 g/mol. The third-order valence-corrected chi connectivity index (χ3v) is 2.68. The number of oxazole rings is 1. The van der Waals surface area contributed by atoms with Gasteiger partial charge in [0.25, 0.3) is 0 Å². The first-order valence-electron chi connectivity index (χ1n) is 4.94. The second-order valence-corrected chi connectivity index (χ2v) is 3.68. The van der Waals surface area contributed by atoms with Gasteiger partial charge in [-0.2, -0.15) is 4.98 Å². The van der Waals surface area contributed by atoms with Gasteiger partial charge in [-0.05, 0) is 29.8 Å². The van der Waals surface area contributed by atoms with E-state index in [1.165, 1.54) is 6.39 Å². The molecule has 0 bridgehead atoms. The first-order chi connectivity index (χ1) is 7.75. The summed E-state index contributed by atoms with van der Waals surface area (Å²) in [6.07, 6.45) is 1.44. The molecule has 1 aromatic carbocycles. The second-order valence-electron chi connectivity index (χ2n) is 3.68. The van der Waals surface area contributed by atoms with Crippen molar-refractivity contribution in [1.82, 2.24) is 9.55 Å². The Morgan fingerprint density at radius 3 is 2.69 bits per heavy atom. The third kappa shape index (κ3) is 1.20. The topological polar surface area (TPSA) is 51.2 Å². The highest BCUT2D eigenvalue weighted by Gasteiger charge is 2.10. The van der Waals surface area contributed by atoms with Gasteiger partial charge in [0.15, 0.2) is 17.6 Å². The standard InChI is InChI=1S/C12H10N2O2/c1-14-10(6-11-12(14)13-7-16-11)8-2-4-9(15)5-3-8/h2-7,15H,1H3. The number of hydrogen-bond donors (Lipinski definition) is 1. The quantitative estimate of drug-likeness (QED) is 0.677. The molecule has 80 valence electrons. The maximum absolute atomic E-state index is 9.24. The summed E-state index contributed by atoms with van der Waals surface area (Å²) in [5, 5.41) is 9.24. The lowest BCUT2D eigenvalue weighted by Crippen LogP contribution is -1.91. The normalized spacial score (nSPS) is 11.1. The molecule has 2 aromatic heterocycles. The molecule has 4 nitrogen and oxygen atoms in total. The van der Waals surface area contributed by atoms with E-state index in [1.54, 1.807) is 12.1 Å². The Kier molecular flexibility index (Phi) is 1.77. The lowest BCUT2D eigenvalue weighted by Gasteiger charge is -2.03. The van der Waals surface area contributed by atoms with Crippen LogP contribution in [0.5, 0.6) is 5.75 Å². The first-order valence-corrected chi connectivity index (χ1v) is 4.94. The highest BCUT2D eigenvalue weighted by Crippen LogP contribution is 2.27. The van der Waals surface area contributed by atoms with Crippen LogP contribution < -0.4 is 0 Å². The summed E-state index contributed by atoms with van der Waals surface area (Å²) < 4.78 is 7.21. The maximum Gasteiger partial charge on any atom is 0.183 e.